The highest BCUT2D eigenvalue weighted by Crippen LogP contribution is 1.96. The second-order valence-electron chi connectivity index (χ2n) is 1.89. The Morgan fingerprint density at radius 3 is 2.00 bits per heavy atom. The lowest BCUT2D eigenvalue weighted by Gasteiger charge is -2.12. The molecule has 0 spiro atoms. The van der Waals surface area contributed by atoms with Crippen LogP contribution in [0.2, 0.25) is 0 Å². The molecule has 0 radical (unpaired) electrons. The summed E-state index contributed by atoms with van der Waals surface area (Å²) in [7, 11) is -2.06. The van der Waals surface area contributed by atoms with Crippen molar-refractivity contribution >= 4 is 15.9 Å². The second kappa shape index (κ2) is 3.01. The maximum absolute atomic E-state index is 10.8. The van der Waals surface area contributed by atoms with E-state index in [-0.39, 0.29) is 5.75 Å². The third-order valence-corrected chi connectivity index (χ3v) is 3.05. The molecule has 0 fully saturated rings. The molecule has 0 saturated heterocycles. The van der Waals surface area contributed by atoms with Crippen molar-refractivity contribution in [2.45, 2.75) is 13.8 Å². The Balaban J connectivity index is 4.51. The number of carbonyl (C=O) groups is 1. The molecule has 0 atom stereocenters. The van der Waals surface area contributed by atoms with Gasteiger partial charge in [-0.25, -0.2) is 12.7 Å². The van der Waals surface area contributed by atoms with Crippen LogP contribution in [0.15, 0.2) is 0 Å². The first-order chi connectivity index (χ1) is 4.41. The van der Waals surface area contributed by atoms with Gasteiger partial charge in [0.2, 0.25) is 15.9 Å². The van der Waals surface area contributed by atoms with Gasteiger partial charge in [-0.15, -0.1) is 0 Å². The molecule has 10 heavy (non-hydrogen) atoms. The van der Waals surface area contributed by atoms with E-state index in [2.05, 4.69) is 0 Å². The van der Waals surface area contributed by atoms with E-state index in [1.807, 2.05) is 0 Å². The van der Waals surface area contributed by atoms with Gasteiger partial charge in [-0.1, -0.05) is 0 Å². The Kier molecular flexibility index (Phi) is 2.83. The van der Waals surface area contributed by atoms with E-state index in [1.165, 1.54) is 20.9 Å². The average molecular weight is 165 g/mol. The molecule has 0 aromatic carbocycles. The molecule has 60 valence electrons. The zero-order chi connectivity index (χ0) is 8.36. The van der Waals surface area contributed by atoms with Crippen molar-refractivity contribution in [3.05, 3.63) is 0 Å². The van der Waals surface area contributed by atoms with Crippen LogP contribution in [-0.4, -0.2) is 31.4 Å². The monoisotopic (exact) mass is 165 g/mol. The molecule has 0 aliphatic carbocycles. The molecule has 0 bridgehead atoms. The molecule has 0 aliphatic rings. The maximum atomic E-state index is 10.8. The van der Waals surface area contributed by atoms with Crippen molar-refractivity contribution in [3.8, 4) is 0 Å². The number of nitrogens with zero attached hydrogens (tertiary/aromatic N) is 1. The third-order valence-electron chi connectivity index (χ3n) is 1.23. The fraction of sp³-hybridized carbons (Fsp3) is 0.800. The molecule has 0 saturated carbocycles. The van der Waals surface area contributed by atoms with E-state index in [9.17, 15) is 13.2 Å². The highest BCUT2D eigenvalue weighted by molar-refractivity contribution is 7.89. The van der Waals surface area contributed by atoms with E-state index in [0.717, 1.165) is 4.31 Å². The van der Waals surface area contributed by atoms with Crippen LogP contribution in [-0.2, 0) is 14.8 Å². The zero-order valence-electron chi connectivity index (χ0n) is 6.29. The Bertz CT molecular complexity index is 219. The third kappa shape index (κ3) is 1.98. The summed E-state index contributed by atoms with van der Waals surface area (Å²) in [5.74, 6) is -0.495. The van der Waals surface area contributed by atoms with Crippen molar-refractivity contribution in [1.82, 2.24) is 4.31 Å². The fourth-order valence-electron chi connectivity index (χ4n) is 0.390. The maximum Gasteiger partial charge on any atom is 0.236 e. The lowest BCUT2D eigenvalue weighted by Crippen LogP contribution is -2.32. The summed E-state index contributed by atoms with van der Waals surface area (Å²) in [5.41, 5.74) is 0. The number of amides is 1. The van der Waals surface area contributed by atoms with Gasteiger partial charge < -0.3 is 0 Å². The molecule has 5 heteroatoms. The fourth-order valence-corrected chi connectivity index (χ4v) is 1.17. The SMILES string of the molecule is CCS(=O)(=O)N(C)C(C)=O. The average Bonchev–Trinajstić information content (AvgIpc) is 1.86. The van der Waals surface area contributed by atoms with E-state index >= 15 is 0 Å². The molecule has 0 unspecified atom stereocenters. The summed E-state index contributed by atoms with van der Waals surface area (Å²) in [6.07, 6.45) is 0. The standard InChI is InChI=1S/C5H11NO3S/c1-4-10(8,9)6(3)5(2)7/h4H2,1-3H3. The molecule has 0 heterocycles. The number of rotatable bonds is 2. The van der Waals surface area contributed by atoms with E-state index in [1.54, 1.807) is 0 Å². The molecule has 0 aromatic rings. The molecule has 4 nitrogen and oxygen atoms in total. The van der Waals surface area contributed by atoms with Crippen molar-refractivity contribution in [2.24, 2.45) is 0 Å². The lowest BCUT2D eigenvalue weighted by molar-refractivity contribution is -0.123. The lowest BCUT2D eigenvalue weighted by atomic mass is 10.7. The van der Waals surface area contributed by atoms with Crippen molar-refractivity contribution in [1.29, 1.82) is 0 Å². The predicted octanol–water partition coefficient (Wildman–Crippen LogP) is -0.186. The van der Waals surface area contributed by atoms with Crippen LogP contribution in [0, 0.1) is 0 Å². The van der Waals surface area contributed by atoms with E-state index in [4.69, 9.17) is 0 Å². The number of hydrogen-bond acceptors (Lipinski definition) is 3. The topological polar surface area (TPSA) is 54.5 Å². The van der Waals surface area contributed by atoms with Crippen molar-refractivity contribution < 1.29 is 13.2 Å². The largest absolute Gasteiger partial charge is 0.274 e. The summed E-state index contributed by atoms with van der Waals surface area (Å²) in [6.45, 7) is 2.71. The molecule has 0 rings (SSSR count). The van der Waals surface area contributed by atoms with Gasteiger partial charge in [-0.3, -0.25) is 4.79 Å². The summed E-state index contributed by atoms with van der Waals surface area (Å²) < 4.78 is 22.4. The molecule has 0 aromatic heterocycles. The van der Waals surface area contributed by atoms with Crippen molar-refractivity contribution in [3.63, 3.8) is 0 Å². The Hall–Kier alpha value is -0.580. The van der Waals surface area contributed by atoms with Gasteiger partial charge in [-0.05, 0) is 6.92 Å². The highest BCUT2D eigenvalue weighted by Gasteiger charge is 2.16. The smallest absolute Gasteiger partial charge is 0.236 e. The van der Waals surface area contributed by atoms with E-state index < -0.39 is 15.9 Å². The van der Waals surface area contributed by atoms with E-state index in [0.29, 0.717) is 0 Å². The van der Waals surface area contributed by atoms with Gasteiger partial charge in [-0.2, -0.15) is 0 Å². The van der Waals surface area contributed by atoms with Gasteiger partial charge in [0.25, 0.3) is 0 Å². The summed E-state index contributed by atoms with van der Waals surface area (Å²) in [6, 6.07) is 0. The van der Waals surface area contributed by atoms with Crippen LogP contribution in [0.4, 0.5) is 0 Å². The Morgan fingerprint density at radius 1 is 1.50 bits per heavy atom. The molecule has 0 aliphatic heterocycles. The first-order valence-corrected chi connectivity index (χ1v) is 4.50. The van der Waals surface area contributed by atoms with Crippen LogP contribution in [0.3, 0.4) is 0 Å². The first-order valence-electron chi connectivity index (χ1n) is 2.89. The molecule has 0 N–H and O–H groups in total. The summed E-state index contributed by atoms with van der Waals surface area (Å²) in [5, 5.41) is 0. The summed E-state index contributed by atoms with van der Waals surface area (Å²) >= 11 is 0. The minimum atomic E-state index is -3.31. The van der Waals surface area contributed by atoms with Crippen LogP contribution >= 0.6 is 0 Å². The van der Waals surface area contributed by atoms with Gasteiger partial charge in [0.1, 0.15) is 0 Å². The predicted molar refractivity (Wildman–Crippen MR) is 37.9 cm³/mol. The zero-order valence-corrected chi connectivity index (χ0v) is 7.10. The number of sulfonamides is 1. The number of carbonyl (C=O) groups excluding carboxylic acids is 1. The van der Waals surface area contributed by atoms with Crippen molar-refractivity contribution in [2.75, 3.05) is 12.8 Å². The van der Waals surface area contributed by atoms with Gasteiger partial charge in [0, 0.05) is 14.0 Å². The van der Waals surface area contributed by atoms with Crippen LogP contribution in [0.5, 0.6) is 0 Å². The van der Waals surface area contributed by atoms with Crippen LogP contribution in [0.1, 0.15) is 13.8 Å². The first kappa shape index (κ1) is 9.42. The number of hydrogen-bond donors (Lipinski definition) is 0. The Labute approximate surface area is 60.9 Å². The van der Waals surface area contributed by atoms with Gasteiger partial charge in [0.15, 0.2) is 0 Å². The molecular formula is C5H11NO3S. The Morgan fingerprint density at radius 2 is 1.90 bits per heavy atom. The molecular weight excluding hydrogens is 154 g/mol. The quantitative estimate of drug-likeness (QED) is 0.570. The van der Waals surface area contributed by atoms with Gasteiger partial charge >= 0.3 is 0 Å². The minimum Gasteiger partial charge on any atom is -0.274 e. The summed E-state index contributed by atoms with van der Waals surface area (Å²) in [4.78, 5) is 10.5. The minimum absolute atomic E-state index is 0.0386. The van der Waals surface area contributed by atoms with Gasteiger partial charge in [0.05, 0.1) is 5.75 Å². The van der Waals surface area contributed by atoms with Crippen LogP contribution < -0.4 is 0 Å². The van der Waals surface area contributed by atoms with Crippen LogP contribution in [0.25, 0.3) is 0 Å². The molecule has 1 amide bonds. The highest BCUT2D eigenvalue weighted by atomic mass is 32.2. The normalized spacial score (nSPS) is 11.1. The second-order valence-corrected chi connectivity index (χ2v) is 4.18.